The molecule has 0 spiro atoms. The van der Waals surface area contributed by atoms with Crippen molar-refractivity contribution in [3.8, 4) is 0 Å². The van der Waals surface area contributed by atoms with Crippen LogP contribution in [0.5, 0.6) is 0 Å². The second-order valence-electron chi connectivity index (χ2n) is 3.89. The average molecular weight is 187 g/mol. The highest BCUT2D eigenvalue weighted by atomic mass is 16.5. The molecule has 2 N–H and O–H groups in total. The Balaban J connectivity index is 2.16. The molecule has 1 rings (SSSR count). The summed E-state index contributed by atoms with van der Waals surface area (Å²) < 4.78 is 5.28. The Hall–Kier alpha value is -0.120. The molecule has 3 nitrogen and oxygen atoms in total. The fourth-order valence-electron chi connectivity index (χ4n) is 1.92. The van der Waals surface area contributed by atoms with E-state index in [1.165, 1.54) is 0 Å². The van der Waals surface area contributed by atoms with Crippen molar-refractivity contribution in [2.75, 3.05) is 32.9 Å². The van der Waals surface area contributed by atoms with E-state index in [2.05, 4.69) is 5.32 Å². The van der Waals surface area contributed by atoms with E-state index in [0.717, 1.165) is 45.6 Å². The number of aliphatic hydroxyl groups excluding tert-OH is 1. The molecule has 1 saturated heterocycles. The van der Waals surface area contributed by atoms with Crippen LogP contribution in [0.4, 0.5) is 0 Å². The van der Waals surface area contributed by atoms with Crippen LogP contribution in [0.2, 0.25) is 0 Å². The molecule has 13 heavy (non-hydrogen) atoms. The van der Waals surface area contributed by atoms with Gasteiger partial charge in [-0.1, -0.05) is 0 Å². The van der Waals surface area contributed by atoms with Crippen molar-refractivity contribution in [3.05, 3.63) is 0 Å². The van der Waals surface area contributed by atoms with Crippen LogP contribution in [0.1, 0.15) is 26.2 Å². The van der Waals surface area contributed by atoms with Crippen LogP contribution in [0.3, 0.4) is 0 Å². The van der Waals surface area contributed by atoms with Crippen molar-refractivity contribution in [1.29, 1.82) is 0 Å². The maximum absolute atomic E-state index is 9.29. The van der Waals surface area contributed by atoms with E-state index >= 15 is 0 Å². The third kappa shape index (κ3) is 3.25. The molecule has 1 unspecified atom stereocenters. The zero-order valence-corrected chi connectivity index (χ0v) is 8.51. The van der Waals surface area contributed by atoms with Crippen molar-refractivity contribution < 1.29 is 9.84 Å². The summed E-state index contributed by atoms with van der Waals surface area (Å²) in [6.07, 6.45) is 3.25. The van der Waals surface area contributed by atoms with Gasteiger partial charge in [-0.15, -0.1) is 0 Å². The molecule has 0 aromatic rings. The van der Waals surface area contributed by atoms with Gasteiger partial charge in [0.25, 0.3) is 0 Å². The molecule has 0 saturated carbocycles. The molecule has 0 bridgehead atoms. The van der Waals surface area contributed by atoms with E-state index in [0.29, 0.717) is 6.61 Å². The van der Waals surface area contributed by atoms with E-state index in [-0.39, 0.29) is 5.41 Å². The van der Waals surface area contributed by atoms with E-state index in [1.54, 1.807) is 0 Å². The van der Waals surface area contributed by atoms with Crippen LogP contribution < -0.4 is 5.32 Å². The molecule has 78 valence electrons. The normalized spacial score (nSPS) is 28.2. The quantitative estimate of drug-likeness (QED) is 0.604. The highest BCUT2D eigenvalue weighted by molar-refractivity contribution is 4.86. The molecule has 0 amide bonds. The lowest BCUT2D eigenvalue weighted by Crippen LogP contribution is -2.28. The van der Waals surface area contributed by atoms with Gasteiger partial charge in [0, 0.05) is 31.8 Å². The minimum Gasteiger partial charge on any atom is -0.396 e. The van der Waals surface area contributed by atoms with Gasteiger partial charge in [-0.3, -0.25) is 0 Å². The molecule has 1 heterocycles. The summed E-state index contributed by atoms with van der Waals surface area (Å²) in [4.78, 5) is 0. The first-order valence-electron chi connectivity index (χ1n) is 5.22. The second-order valence-corrected chi connectivity index (χ2v) is 3.89. The zero-order valence-electron chi connectivity index (χ0n) is 8.51. The molecular formula is C10H21NO2. The summed E-state index contributed by atoms with van der Waals surface area (Å²) in [5, 5.41) is 12.6. The van der Waals surface area contributed by atoms with Crippen LogP contribution in [0, 0.1) is 5.41 Å². The maximum atomic E-state index is 9.29. The van der Waals surface area contributed by atoms with Crippen LogP contribution in [0.25, 0.3) is 0 Å². The van der Waals surface area contributed by atoms with Crippen LogP contribution in [0.15, 0.2) is 0 Å². The van der Waals surface area contributed by atoms with Crippen molar-refractivity contribution in [1.82, 2.24) is 5.32 Å². The molecule has 3 heteroatoms. The van der Waals surface area contributed by atoms with E-state index in [9.17, 15) is 5.11 Å². The van der Waals surface area contributed by atoms with Gasteiger partial charge in [0.1, 0.15) is 0 Å². The molecular weight excluding hydrogens is 166 g/mol. The van der Waals surface area contributed by atoms with Crippen molar-refractivity contribution in [3.63, 3.8) is 0 Å². The predicted octanol–water partition coefficient (Wildman–Crippen LogP) is 0.775. The van der Waals surface area contributed by atoms with E-state index in [1.807, 2.05) is 6.92 Å². The molecule has 0 aromatic heterocycles. The van der Waals surface area contributed by atoms with Crippen LogP contribution >= 0.6 is 0 Å². The highest BCUT2D eigenvalue weighted by Crippen LogP contribution is 2.30. The largest absolute Gasteiger partial charge is 0.396 e. The van der Waals surface area contributed by atoms with E-state index < -0.39 is 0 Å². The minimum absolute atomic E-state index is 0.150. The average Bonchev–Trinajstić information content (AvgIpc) is 2.62. The first-order valence-corrected chi connectivity index (χ1v) is 5.22. The third-order valence-corrected chi connectivity index (χ3v) is 2.87. The van der Waals surface area contributed by atoms with Crippen LogP contribution in [-0.4, -0.2) is 38.0 Å². The number of hydrogen-bond acceptors (Lipinski definition) is 3. The number of rotatable bonds is 6. The Kier molecular flexibility index (Phi) is 4.70. The fraction of sp³-hybridized carbons (Fsp3) is 1.00. The summed E-state index contributed by atoms with van der Waals surface area (Å²) in [5.41, 5.74) is 0.150. The molecule has 1 atom stereocenters. The summed E-state index contributed by atoms with van der Waals surface area (Å²) >= 11 is 0. The number of hydrogen-bond donors (Lipinski definition) is 2. The Morgan fingerprint density at radius 3 is 2.92 bits per heavy atom. The molecule has 0 aliphatic carbocycles. The number of ether oxygens (including phenoxy) is 1. The van der Waals surface area contributed by atoms with Gasteiger partial charge < -0.3 is 15.2 Å². The van der Waals surface area contributed by atoms with Crippen molar-refractivity contribution >= 4 is 0 Å². The monoisotopic (exact) mass is 187 g/mol. The Morgan fingerprint density at radius 1 is 1.54 bits per heavy atom. The van der Waals surface area contributed by atoms with Gasteiger partial charge in [0.2, 0.25) is 0 Å². The van der Waals surface area contributed by atoms with E-state index in [4.69, 9.17) is 4.74 Å². The van der Waals surface area contributed by atoms with Crippen molar-refractivity contribution in [2.45, 2.75) is 26.2 Å². The Bertz CT molecular complexity index is 133. The maximum Gasteiger partial charge on any atom is 0.0500 e. The van der Waals surface area contributed by atoms with Gasteiger partial charge >= 0.3 is 0 Å². The fourth-order valence-corrected chi connectivity index (χ4v) is 1.92. The Labute approximate surface area is 80.5 Å². The SMILES string of the molecule is CCOCCCC1(CO)CCNC1. The molecule has 1 aliphatic heterocycles. The summed E-state index contributed by atoms with van der Waals surface area (Å²) in [6, 6.07) is 0. The summed E-state index contributed by atoms with van der Waals surface area (Å²) in [6.45, 7) is 5.97. The predicted molar refractivity (Wildman–Crippen MR) is 52.7 cm³/mol. The lowest BCUT2D eigenvalue weighted by molar-refractivity contribution is 0.0998. The topological polar surface area (TPSA) is 41.5 Å². The summed E-state index contributed by atoms with van der Waals surface area (Å²) in [7, 11) is 0. The third-order valence-electron chi connectivity index (χ3n) is 2.87. The minimum atomic E-state index is 0.150. The molecule has 0 aromatic carbocycles. The lowest BCUT2D eigenvalue weighted by Gasteiger charge is -2.25. The lowest BCUT2D eigenvalue weighted by atomic mass is 9.83. The van der Waals surface area contributed by atoms with Crippen LogP contribution in [-0.2, 0) is 4.74 Å². The van der Waals surface area contributed by atoms with Gasteiger partial charge in [-0.2, -0.15) is 0 Å². The molecule has 1 aliphatic rings. The smallest absolute Gasteiger partial charge is 0.0500 e. The Morgan fingerprint density at radius 2 is 2.38 bits per heavy atom. The zero-order chi connectivity index (χ0) is 9.57. The molecule has 0 radical (unpaired) electrons. The van der Waals surface area contributed by atoms with Gasteiger partial charge in [-0.25, -0.2) is 0 Å². The van der Waals surface area contributed by atoms with Crippen molar-refractivity contribution in [2.24, 2.45) is 5.41 Å². The van der Waals surface area contributed by atoms with Gasteiger partial charge in [0.15, 0.2) is 0 Å². The van der Waals surface area contributed by atoms with Gasteiger partial charge in [-0.05, 0) is 32.7 Å². The first kappa shape index (κ1) is 11.0. The summed E-state index contributed by atoms with van der Waals surface area (Å²) in [5.74, 6) is 0. The molecule has 1 fully saturated rings. The number of aliphatic hydroxyl groups is 1. The van der Waals surface area contributed by atoms with Gasteiger partial charge in [0.05, 0.1) is 0 Å². The number of nitrogens with one attached hydrogen (secondary N) is 1. The second kappa shape index (κ2) is 5.58. The first-order chi connectivity index (χ1) is 6.33. The standard InChI is InChI=1S/C10H21NO2/c1-2-13-7-3-4-10(9-12)5-6-11-8-10/h11-12H,2-9H2,1H3. The highest BCUT2D eigenvalue weighted by Gasteiger charge is 2.32.